The number of aromatic amines is 1. The van der Waals surface area contributed by atoms with Gasteiger partial charge in [0, 0.05) is 6.20 Å². The molecule has 0 unspecified atom stereocenters. The van der Waals surface area contributed by atoms with Gasteiger partial charge in [0.2, 0.25) is 0 Å². The monoisotopic (exact) mass is 393 g/mol. The van der Waals surface area contributed by atoms with Crippen LogP contribution in [0.5, 0.6) is 0 Å². The Balaban J connectivity index is 0.000000980. The maximum Gasteiger partial charge on any atom is 2.00 e. The number of aromatic nitrogens is 3. The molecule has 0 aromatic carbocycles. The topological polar surface area (TPSA) is 59.9 Å². The van der Waals surface area contributed by atoms with Crippen molar-refractivity contribution in [2.45, 2.75) is 0 Å². The number of rotatable bonds is 1. The van der Waals surface area contributed by atoms with E-state index >= 15 is 0 Å². The maximum atomic E-state index is 10.7. The van der Waals surface area contributed by atoms with Gasteiger partial charge in [0.25, 0.3) is 0 Å². The second-order valence-corrected chi connectivity index (χ2v) is 2.85. The van der Waals surface area contributed by atoms with Crippen molar-refractivity contribution in [1.29, 1.82) is 0 Å². The van der Waals surface area contributed by atoms with Crippen LogP contribution in [0.25, 0.3) is 11.3 Å². The Morgan fingerprint density at radius 2 is 2.20 bits per heavy atom. The minimum absolute atomic E-state index is 0. The number of imidazole rings is 1. The van der Waals surface area contributed by atoms with E-state index in [9.17, 15) is 4.79 Å². The van der Waals surface area contributed by atoms with E-state index in [1.54, 1.807) is 18.3 Å². The summed E-state index contributed by atoms with van der Waals surface area (Å²) in [5.74, 6) is 0. The number of nitrogens with one attached hydrogen (secondary N) is 1. The van der Waals surface area contributed by atoms with Gasteiger partial charge in [-0.25, -0.2) is 4.98 Å². The molecule has 0 radical (unpaired) electrons. The summed E-state index contributed by atoms with van der Waals surface area (Å²) in [6.07, 6.45) is 3.10. The number of hydrogen-bond donors (Lipinski definition) is 1. The predicted octanol–water partition coefficient (Wildman–Crippen LogP) is 1.50. The number of halogens is 1. The summed E-state index contributed by atoms with van der Waals surface area (Å²) in [5.41, 5.74) is 0.996. The maximum absolute atomic E-state index is 10.7. The van der Waals surface area contributed by atoms with Gasteiger partial charge in [-0.05, 0) is 23.4 Å². The van der Waals surface area contributed by atoms with Crippen LogP contribution in [0.15, 0.2) is 29.3 Å². The van der Waals surface area contributed by atoms with Crippen molar-refractivity contribution in [2.24, 2.45) is 0 Å². The Bertz CT molecular complexity index is 480. The molecule has 1 N–H and O–H groups in total. The van der Waals surface area contributed by atoms with E-state index in [-0.39, 0.29) is 34.2 Å². The Morgan fingerprint density at radius 3 is 2.73 bits per heavy atom. The van der Waals surface area contributed by atoms with Gasteiger partial charge >= 0.3 is 21.1 Å². The molecule has 0 bridgehead atoms. The molecule has 0 saturated heterocycles. The molecule has 0 aliphatic rings. The Hall–Kier alpha value is -0.862. The molecule has 0 aliphatic heterocycles. The zero-order valence-electron chi connectivity index (χ0n) is 7.90. The van der Waals surface area contributed by atoms with Crippen molar-refractivity contribution in [3.8, 4) is 11.3 Å². The van der Waals surface area contributed by atoms with Crippen LogP contribution >= 0.6 is 11.6 Å². The normalized spacial score (nSPS) is 8.87. The van der Waals surface area contributed by atoms with Crippen LogP contribution in [0.4, 0.5) is 0 Å². The Labute approximate surface area is 106 Å². The summed E-state index contributed by atoms with van der Waals surface area (Å²) in [6.45, 7) is 0. The number of pyridine rings is 1. The molecule has 6 heteroatoms. The van der Waals surface area contributed by atoms with Gasteiger partial charge in [-0.3, -0.25) is 4.79 Å². The third-order valence-corrected chi connectivity index (χ3v) is 1.78. The number of H-pyrrole nitrogens is 1. The predicted molar refractivity (Wildman–Crippen MR) is 55.0 cm³/mol. The van der Waals surface area contributed by atoms with E-state index in [1.807, 2.05) is 0 Å². The molecule has 0 aliphatic carbocycles. The smallest absolute Gasteiger partial charge is 0.430 e. The molecule has 2 heterocycles. The molecule has 0 amide bonds. The van der Waals surface area contributed by atoms with Crippen LogP contribution in [0.2, 0.25) is 5.15 Å². The first-order valence-electron chi connectivity index (χ1n) is 3.60. The van der Waals surface area contributed by atoms with Gasteiger partial charge in [-0.1, -0.05) is 17.8 Å². The van der Waals surface area contributed by atoms with Crippen molar-refractivity contribution in [3.05, 3.63) is 47.6 Å². The molecule has 15 heavy (non-hydrogen) atoms. The quantitative estimate of drug-likeness (QED) is 0.590. The second-order valence-electron chi connectivity index (χ2n) is 2.46. The molecule has 78 valence electrons. The average Bonchev–Trinajstić information content (AvgIpc) is 2.52. The van der Waals surface area contributed by atoms with Crippen LogP contribution in [-0.4, -0.2) is 9.97 Å². The molecule has 0 fully saturated rings. The zero-order valence-corrected chi connectivity index (χ0v) is 11.6. The van der Waals surface area contributed by atoms with E-state index in [1.165, 1.54) is 6.20 Å². The van der Waals surface area contributed by atoms with E-state index in [2.05, 4.69) is 15.0 Å². The Morgan fingerprint density at radius 1 is 1.47 bits per heavy atom. The van der Waals surface area contributed by atoms with Gasteiger partial charge in [0.1, 0.15) is 5.15 Å². The summed E-state index contributed by atoms with van der Waals surface area (Å²) < 4.78 is 0. The van der Waals surface area contributed by atoms with E-state index in [4.69, 9.17) is 11.6 Å². The molecule has 0 atom stereocenters. The van der Waals surface area contributed by atoms with Crippen LogP contribution in [0.1, 0.15) is 0 Å². The molecule has 2 aromatic heterocycles. The summed E-state index contributed by atoms with van der Waals surface area (Å²) >= 11 is 5.67. The molecule has 2 aromatic rings. The van der Waals surface area contributed by atoms with Crippen molar-refractivity contribution >= 4 is 11.6 Å². The first-order chi connectivity index (χ1) is 6.25. The first-order valence-corrected chi connectivity index (χ1v) is 3.98. The van der Waals surface area contributed by atoms with Crippen molar-refractivity contribution in [2.75, 3.05) is 0 Å². The van der Waals surface area contributed by atoms with Crippen molar-refractivity contribution in [3.63, 3.8) is 0 Å². The third-order valence-electron chi connectivity index (χ3n) is 1.58. The standard InChI is InChI=1S/C8H6ClN3O.CH3.W/c9-7-3-5(1-2-10-7)6-4-11-8(13)12-6;;/h1-4H,(H2,10,11,12,13);1H3;/q;-1;+2/p-1. The summed E-state index contributed by atoms with van der Waals surface area (Å²) in [7, 11) is 0. The van der Waals surface area contributed by atoms with Crippen molar-refractivity contribution in [1.82, 2.24) is 15.0 Å². The fourth-order valence-electron chi connectivity index (χ4n) is 1.01. The SMILES string of the molecule is O=c1[n-]c(-c2ccnc(Cl)c2)c[nH]1.[CH3-].[W+2]. The molecule has 2 rings (SSSR count). The molecular formula is C9H8ClN3OW. The van der Waals surface area contributed by atoms with Crippen LogP contribution in [0.3, 0.4) is 0 Å². The zero-order chi connectivity index (χ0) is 9.26. The molecule has 4 nitrogen and oxygen atoms in total. The summed E-state index contributed by atoms with van der Waals surface area (Å²) in [6, 6.07) is 3.39. The van der Waals surface area contributed by atoms with E-state index in [0.717, 1.165) is 5.56 Å². The molecule has 0 saturated carbocycles. The minimum Gasteiger partial charge on any atom is -0.430 e. The van der Waals surface area contributed by atoms with Gasteiger partial charge in [0.05, 0.1) is 0 Å². The van der Waals surface area contributed by atoms with E-state index < -0.39 is 0 Å². The van der Waals surface area contributed by atoms with Crippen LogP contribution < -0.4 is 10.7 Å². The molecular weight excluding hydrogens is 385 g/mol. The largest absolute Gasteiger partial charge is 2.00 e. The molecule has 0 spiro atoms. The van der Waals surface area contributed by atoms with Gasteiger partial charge in [0.15, 0.2) is 5.69 Å². The average molecular weight is 393 g/mol. The summed E-state index contributed by atoms with van der Waals surface area (Å²) in [5, 5.41) is 0.382. The number of nitrogens with zero attached hydrogens (tertiary/aromatic N) is 2. The fourth-order valence-corrected chi connectivity index (χ4v) is 1.19. The third kappa shape index (κ3) is 3.33. The fraction of sp³-hybridized carbons (Fsp3) is 0. The van der Waals surface area contributed by atoms with Gasteiger partial charge in [-0.15, -0.1) is 0 Å². The minimum atomic E-state index is -0.358. The first kappa shape index (κ1) is 14.1. The van der Waals surface area contributed by atoms with Gasteiger partial charge < -0.3 is 17.4 Å². The van der Waals surface area contributed by atoms with Crippen LogP contribution in [-0.2, 0) is 21.1 Å². The second kappa shape index (κ2) is 5.88. The Kier molecular flexibility index (Phi) is 5.55. The van der Waals surface area contributed by atoms with Crippen molar-refractivity contribution < 1.29 is 21.1 Å². The van der Waals surface area contributed by atoms with Gasteiger partial charge in [-0.2, -0.15) is 0 Å². The van der Waals surface area contributed by atoms with E-state index in [0.29, 0.717) is 10.8 Å². The summed E-state index contributed by atoms with van der Waals surface area (Å²) in [4.78, 5) is 20.7. The van der Waals surface area contributed by atoms with Crippen LogP contribution in [0, 0.1) is 7.43 Å². The number of hydrogen-bond acceptors (Lipinski definition) is 2.